The van der Waals surface area contributed by atoms with E-state index in [1.807, 2.05) is 26.0 Å². The molecular weight excluding hydrogens is 471 g/mol. The van der Waals surface area contributed by atoms with Gasteiger partial charge in [0.15, 0.2) is 11.5 Å². The van der Waals surface area contributed by atoms with Crippen molar-refractivity contribution in [3.8, 4) is 11.5 Å². The first kappa shape index (κ1) is 23.1. The van der Waals surface area contributed by atoms with Crippen molar-refractivity contribution in [3.05, 3.63) is 99.1 Å². The third-order valence-corrected chi connectivity index (χ3v) is 7.94. The molecule has 0 saturated heterocycles. The fourth-order valence-electron chi connectivity index (χ4n) is 4.19. The highest BCUT2D eigenvalue weighted by Crippen LogP contribution is 2.34. The highest BCUT2D eigenvalue weighted by atomic mass is 32.2. The summed E-state index contributed by atoms with van der Waals surface area (Å²) in [5, 5.41) is 0.825. The molecule has 0 bridgehead atoms. The maximum Gasteiger partial charge on any atom is 0.252 e. The van der Waals surface area contributed by atoms with Crippen LogP contribution in [-0.4, -0.2) is 24.5 Å². The number of sulfonamides is 1. The van der Waals surface area contributed by atoms with E-state index in [0.717, 1.165) is 26.9 Å². The zero-order chi connectivity index (χ0) is 24.7. The summed E-state index contributed by atoms with van der Waals surface area (Å²) < 4.78 is 53.6. The Bertz CT molecular complexity index is 1610. The van der Waals surface area contributed by atoms with Gasteiger partial charge in [-0.25, -0.2) is 12.8 Å². The van der Waals surface area contributed by atoms with Crippen LogP contribution in [0.25, 0.3) is 10.9 Å². The maximum atomic E-state index is 14.6. The number of pyridine rings is 1. The van der Waals surface area contributed by atoms with Crippen LogP contribution in [0.4, 0.5) is 4.39 Å². The van der Waals surface area contributed by atoms with Crippen LogP contribution in [0.15, 0.2) is 70.4 Å². The predicted molar refractivity (Wildman–Crippen MR) is 129 cm³/mol. The SMILES string of the molecule is Cc1ccc(C)c2[nH]c(=O)c(CN(Cc3ccc4c(c3)OCO4)S(=O)(=O)c3ccccc3F)cc12. The van der Waals surface area contributed by atoms with E-state index in [2.05, 4.69) is 4.98 Å². The van der Waals surface area contributed by atoms with Gasteiger partial charge >= 0.3 is 0 Å². The van der Waals surface area contributed by atoms with E-state index < -0.39 is 26.3 Å². The Morgan fingerprint density at radius 2 is 1.69 bits per heavy atom. The molecule has 1 aromatic heterocycles. The van der Waals surface area contributed by atoms with Crippen molar-refractivity contribution in [2.24, 2.45) is 0 Å². The molecule has 0 aliphatic carbocycles. The number of nitrogens with zero attached hydrogens (tertiary/aromatic N) is 1. The minimum absolute atomic E-state index is 0.0846. The van der Waals surface area contributed by atoms with E-state index >= 15 is 0 Å². The van der Waals surface area contributed by atoms with Crippen molar-refractivity contribution in [2.75, 3.05) is 6.79 Å². The average molecular weight is 495 g/mol. The second kappa shape index (κ2) is 8.83. The van der Waals surface area contributed by atoms with Crippen LogP contribution in [0.2, 0.25) is 0 Å². The molecule has 7 nitrogen and oxygen atoms in total. The van der Waals surface area contributed by atoms with E-state index in [1.165, 1.54) is 18.2 Å². The molecule has 35 heavy (non-hydrogen) atoms. The highest BCUT2D eigenvalue weighted by molar-refractivity contribution is 7.89. The Morgan fingerprint density at radius 3 is 2.49 bits per heavy atom. The van der Waals surface area contributed by atoms with Gasteiger partial charge < -0.3 is 14.5 Å². The van der Waals surface area contributed by atoms with E-state index in [0.29, 0.717) is 22.6 Å². The molecule has 0 atom stereocenters. The molecule has 0 unspecified atom stereocenters. The Balaban J connectivity index is 1.60. The first-order valence-electron chi connectivity index (χ1n) is 11.0. The molecule has 2 heterocycles. The molecule has 0 spiro atoms. The second-order valence-corrected chi connectivity index (χ2v) is 10.4. The van der Waals surface area contributed by atoms with E-state index in [9.17, 15) is 17.6 Å². The lowest BCUT2D eigenvalue weighted by atomic mass is 10.0. The molecule has 1 aliphatic heterocycles. The summed E-state index contributed by atoms with van der Waals surface area (Å²) >= 11 is 0. The van der Waals surface area contributed by atoms with Crippen LogP contribution in [-0.2, 0) is 23.1 Å². The average Bonchev–Trinajstić information content (AvgIpc) is 3.30. The Morgan fingerprint density at radius 1 is 0.943 bits per heavy atom. The number of aryl methyl sites for hydroxylation is 2. The maximum absolute atomic E-state index is 14.6. The van der Waals surface area contributed by atoms with Gasteiger partial charge in [0.05, 0.1) is 5.52 Å². The van der Waals surface area contributed by atoms with Gasteiger partial charge in [0, 0.05) is 24.0 Å². The summed E-state index contributed by atoms with van der Waals surface area (Å²) in [6, 6.07) is 15.9. The lowest BCUT2D eigenvalue weighted by molar-refractivity contribution is 0.174. The molecule has 1 N–H and O–H groups in total. The van der Waals surface area contributed by atoms with Crippen molar-refractivity contribution < 1.29 is 22.3 Å². The fourth-order valence-corrected chi connectivity index (χ4v) is 5.66. The number of halogens is 1. The Kier molecular flexibility index (Phi) is 5.82. The molecule has 9 heteroatoms. The van der Waals surface area contributed by atoms with Gasteiger partial charge in [-0.3, -0.25) is 4.79 Å². The quantitative estimate of drug-likeness (QED) is 0.429. The van der Waals surface area contributed by atoms with E-state index in [-0.39, 0.29) is 25.4 Å². The van der Waals surface area contributed by atoms with Gasteiger partial charge in [-0.05, 0) is 60.9 Å². The number of rotatable bonds is 6. The largest absolute Gasteiger partial charge is 0.454 e. The number of aromatic nitrogens is 1. The van der Waals surface area contributed by atoms with Gasteiger partial charge in [0.2, 0.25) is 16.8 Å². The van der Waals surface area contributed by atoms with Crippen molar-refractivity contribution in [2.45, 2.75) is 31.8 Å². The third kappa shape index (κ3) is 4.28. The molecule has 0 saturated carbocycles. The lowest BCUT2D eigenvalue weighted by Crippen LogP contribution is -2.33. The zero-order valence-corrected chi connectivity index (χ0v) is 20.0. The van der Waals surface area contributed by atoms with Gasteiger partial charge in [-0.15, -0.1) is 0 Å². The number of fused-ring (bicyclic) bond motifs is 2. The van der Waals surface area contributed by atoms with Gasteiger partial charge in [0.25, 0.3) is 5.56 Å². The van der Waals surface area contributed by atoms with Crippen LogP contribution in [0.3, 0.4) is 0 Å². The summed E-state index contributed by atoms with van der Waals surface area (Å²) in [6.07, 6.45) is 0. The molecule has 5 rings (SSSR count). The van der Waals surface area contributed by atoms with Crippen LogP contribution in [0.5, 0.6) is 11.5 Å². The first-order chi connectivity index (χ1) is 16.7. The van der Waals surface area contributed by atoms with Crippen molar-refractivity contribution in [3.63, 3.8) is 0 Å². The number of aromatic amines is 1. The van der Waals surface area contributed by atoms with Crippen LogP contribution < -0.4 is 15.0 Å². The smallest absolute Gasteiger partial charge is 0.252 e. The van der Waals surface area contributed by atoms with Crippen molar-refractivity contribution in [1.82, 2.24) is 9.29 Å². The first-order valence-corrected chi connectivity index (χ1v) is 12.4. The molecule has 0 radical (unpaired) electrons. The van der Waals surface area contributed by atoms with E-state index in [1.54, 1.807) is 24.3 Å². The molecular formula is C26H23FN2O5S. The molecule has 4 aromatic rings. The topological polar surface area (TPSA) is 88.7 Å². The standard InChI is InChI=1S/C26H23FN2O5S/c1-16-7-8-17(2)25-20(16)12-19(26(30)28-25)14-29(35(31,32)24-6-4-3-5-21(24)27)13-18-9-10-22-23(11-18)34-15-33-22/h3-12H,13-15H2,1-2H3,(H,28,30). The van der Waals surface area contributed by atoms with Crippen molar-refractivity contribution in [1.29, 1.82) is 0 Å². The molecule has 1 aliphatic rings. The summed E-state index contributed by atoms with van der Waals surface area (Å²) in [5.74, 6) is 0.205. The summed E-state index contributed by atoms with van der Waals surface area (Å²) in [7, 11) is -4.30. The van der Waals surface area contributed by atoms with Crippen LogP contribution in [0.1, 0.15) is 22.3 Å². The minimum atomic E-state index is -4.30. The monoisotopic (exact) mass is 494 g/mol. The second-order valence-electron chi connectivity index (χ2n) is 8.50. The van der Waals surface area contributed by atoms with Crippen molar-refractivity contribution >= 4 is 20.9 Å². The highest BCUT2D eigenvalue weighted by Gasteiger charge is 2.29. The van der Waals surface area contributed by atoms with Gasteiger partial charge in [-0.1, -0.05) is 30.3 Å². The molecule has 3 aromatic carbocycles. The predicted octanol–water partition coefficient (Wildman–Crippen LogP) is 4.40. The molecule has 0 fully saturated rings. The van der Waals surface area contributed by atoms with Gasteiger partial charge in [-0.2, -0.15) is 4.31 Å². The normalized spacial score (nSPS) is 13.0. The number of benzene rings is 3. The zero-order valence-electron chi connectivity index (χ0n) is 19.2. The minimum Gasteiger partial charge on any atom is -0.454 e. The third-order valence-electron chi connectivity index (χ3n) is 6.12. The number of hydrogen-bond donors (Lipinski definition) is 1. The summed E-state index contributed by atoms with van der Waals surface area (Å²) in [4.78, 5) is 15.4. The fraction of sp³-hybridized carbons (Fsp3) is 0.192. The number of nitrogens with one attached hydrogen (secondary N) is 1. The number of H-pyrrole nitrogens is 1. The summed E-state index contributed by atoms with van der Waals surface area (Å²) in [5.41, 5.74) is 3.03. The summed E-state index contributed by atoms with van der Waals surface area (Å²) in [6.45, 7) is 3.55. The number of hydrogen-bond acceptors (Lipinski definition) is 5. The van der Waals surface area contributed by atoms with E-state index in [4.69, 9.17) is 9.47 Å². The van der Waals surface area contributed by atoms with Crippen LogP contribution in [0, 0.1) is 19.7 Å². The van der Waals surface area contributed by atoms with Crippen LogP contribution >= 0.6 is 0 Å². The lowest BCUT2D eigenvalue weighted by Gasteiger charge is -2.23. The Labute approximate surface area is 201 Å². The van der Waals surface area contributed by atoms with Gasteiger partial charge in [0.1, 0.15) is 10.7 Å². The molecule has 0 amide bonds. The Hall–Kier alpha value is -3.69. The molecule has 180 valence electrons. The number of ether oxygens (including phenoxy) is 2.